The van der Waals surface area contributed by atoms with Crippen LogP contribution >= 0.6 is 0 Å². The summed E-state index contributed by atoms with van der Waals surface area (Å²) in [7, 11) is 0. The monoisotopic (exact) mass is 754 g/mol. The third-order valence-corrected chi connectivity index (χ3v) is 11.1. The lowest BCUT2D eigenvalue weighted by Crippen LogP contribution is -2.47. The van der Waals surface area contributed by atoms with Crippen LogP contribution in [0.25, 0.3) is 5.65 Å². The van der Waals surface area contributed by atoms with Crippen LogP contribution in [0.3, 0.4) is 0 Å². The Morgan fingerprint density at radius 1 is 0.891 bits per heavy atom. The molecule has 0 saturated carbocycles. The molecule has 3 aliphatic rings. The summed E-state index contributed by atoms with van der Waals surface area (Å²) in [4.78, 5) is 58.1. The molecule has 4 aromatic rings. The van der Waals surface area contributed by atoms with Crippen molar-refractivity contribution in [2.24, 2.45) is 0 Å². The summed E-state index contributed by atoms with van der Waals surface area (Å²) in [6.07, 6.45) is 12.4. The van der Waals surface area contributed by atoms with Gasteiger partial charge in [0.25, 0.3) is 5.91 Å². The average Bonchev–Trinajstić information content (AvgIpc) is 3.86. The zero-order valence-electron chi connectivity index (χ0n) is 30.9. The first-order valence-corrected chi connectivity index (χ1v) is 19.6. The first kappa shape index (κ1) is 37.9. The summed E-state index contributed by atoms with van der Waals surface area (Å²) < 4.78 is 30.1. The maximum absolute atomic E-state index is 14.6. The van der Waals surface area contributed by atoms with Crippen molar-refractivity contribution < 1.29 is 28.0 Å². The Labute approximate surface area is 319 Å². The van der Waals surface area contributed by atoms with Crippen LogP contribution in [0.2, 0.25) is 0 Å². The fraction of sp³-hybridized carbons (Fsp3) is 0.463. The van der Waals surface area contributed by atoms with E-state index < -0.39 is 17.7 Å². The standard InChI is InChI=1S/C41H48F2N8O4/c42-29-11-14-33(43)31(25-29)35-7-6-21-50(35)36-19-24-51-39(47-36)32(26-45-51)40(54)44-20-5-3-1-2-4-8-38(53)49-22-17-28(18-23-49)27-9-12-30(13-10-27)46-34-15-16-37(52)48-41(34)55/h9-14,19,24-26,28,34-35,46H,1-8,15-18,20-23H2,(H,44,54)(H,48,52,55)/t34?,35-/m1/s1. The van der Waals surface area contributed by atoms with Crippen molar-refractivity contribution in [3.05, 3.63) is 89.2 Å². The number of anilines is 2. The van der Waals surface area contributed by atoms with Crippen LogP contribution in [0.5, 0.6) is 0 Å². The third-order valence-electron chi connectivity index (χ3n) is 11.1. The summed E-state index contributed by atoms with van der Waals surface area (Å²) in [5.74, 6) is -0.524. The van der Waals surface area contributed by atoms with Gasteiger partial charge in [-0.25, -0.2) is 18.3 Å². The molecule has 55 heavy (non-hydrogen) atoms. The van der Waals surface area contributed by atoms with E-state index >= 15 is 0 Å². The van der Waals surface area contributed by atoms with Gasteiger partial charge in [0.1, 0.15) is 29.1 Å². The number of carbonyl (C=O) groups is 4. The van der Waals surface area contributed by atoms with Gasteiger partial charge < -0.3 is 20.4 Å². The topological polar surface area (TPSA) is 141 Å². The van der Waals surface area contributed by atoms with Gasteiger partial charge in [0.05, 0.1) is 12.2 Å². The highest BCUT2D eigenvalue weighted by molar-refractivity contribution is 6.01. The zero-order valence-corrected chi connectivity index (χ0v) is 30.9. The van der Waals surface area contributed by atoms with E-state index in [0.29, 0.717) is 67.3 Å². The summed E-state index contributed by atoms with van der Waals surface area (Å²) in [5, 5.41) is 12.9. The Hall–Kier alpha value is -5.40. The predicted octanol–water partition coefficient (Wildman–Crippen LogP) is 6.04. The Kier molecular flexibility index (Phi) is 12.0. The summed E-state index contributed by atoms with van der Waals surface area (Å²) in [5.41, 5.74) is 3.15. The van der Waals surface area contributed by atoms with Gasteiger partial charge in [-0.1, -0.05) is 31.4 Å². The molecule has 14 heteroatoms. The maximum atomic E-state index is 14.6. The molecule has 12 nitrogen and oxygen atoms in total. The van der Waals surface area contributed by atoms with Gasteiger partial charge in [0, 0.05) is 56.5 Å². The second-order valence-corrected chi connectivity index (χ2v) is 14.8. The quantitative estimate of drug-likeness (QED) is 0.105. The van der Waals surface area contributed by atoms with E-state index in [2.05, 4.69) is 33.2 Å². The molecule has 3 aliphatic heterocycles. The van der Waals surface area contributed by atoms with Gasteiger partial charge in [-0.15, -0.1) is 0 Å². The van der Waals surface area contributed by atoms with Gasteiger partial charge in [0.2, 0.25) is 17.7 Å². The van der Waals surface area contributed by atoms with Gasteiger partial charge in [-0.3, -0.25) is 24.5 Å². The normalized spacial score (nSPS) is 19.2. The van der Waals surface area contributed by atoms with Crippen LogP contribution in [0, 0.1) is 11.6 Å². The minimum atomic E-state index is -0.482. The molecule has 7 rings (SSSR count). The third kappa shape index (κ3) is 9.12. The van der Waals surface area contributed by atoms with Crippen molar-refractivity contribution in [1.82, 2.24) is 30.1 Å². The smallest absolute Gasteiger partial charge is 0.256 e. The van der Waals surface area contributed by atoms with E-state index in [1.165, 1.54) is 17.8 Å². The summed E-state index contributed by atoms with van der Waals surface area (Å²) in [6.45, 7) is 2.64. The number of nitrogens with one attached hydrogen (secondary N) is 3. The molecule has 290 valence electrons. The number of rotatable bonds is 14. The second-order valence-electron chi connectivity index (χ2n) is 14.8. The van der Waals surface area contributed by atoms with Crippen molar-refractivity contribution in [3.63, 3.8) is 0 Å². The number of amides is 4. The summed E-state index contributed by atoms with van der Waals surface area (Å²) in [6, 6.07) is 12.7. The molecule has 0 spiro atoms. The van der Waals surface area contributed by atoms with E-state index in [-0.39, 0.29) is 29.7 Å². The number of halogens is 2. The fourth-order valence-electron chi connectivity index (χ4n) is 8.05. The van der Waals surface area contributed by atoms with Crippen LogP contribution in [0.15, 0.2) is 60.9 Å². The molecule has 0 radical (unpaired) electrons. The Balaban J connectivity index is 0.783. The van der Waals surface area contributed by atoms with Crippen molar-refractivity contribution in [1.29, 1.82) is 0 Å². The molecule has 1 unspecified atom stereocenters. The number of fused-ring (bicyclic) bond motifs is 1. The molecule has 2 atom stereocenters. The molecule has 5 heterocycles. The van der Waals surface area contributed by atoms with Crippen molar-refractivity contribution in [2.75, 3.05) is 36.4 Å². The van der Waals surface area contributed by atoms with Crippen LogP contribution in [0.4, 0.5) is 20.3 Å². The minimum absolute atomic E-state index is 0.209. The molecular weight excluding hydrogens is 706 g/mol. The van der Waals surface area contributed by atoms with Gasteiger partial charge in [0.15, 0.2) is 5.65 Å². The van der Waals surface area contributed by atoms with E-state index in [4.69, 9.17) is 4.98 Å². The predicted molar refractivity (Wildman–Crippen MR) is 203 cm³/mol. The number of hydrogen-bond donors (Lipinski definition) is 3. The van der Waals surface area contributed by atoms with Crippen molar-refractivity contribution in [3.8, 4) is 0 Å². The Bertz CT molecular complexity index is 2010. The van der Waals surface area contributed by atoms with Crippen LogP contribution < -0.4 is 20.9 Å². The highest BCUT2D eigenvalue weighted by atomic mass is 19.1. The number of hydrogen-bond acceptors (Lipinski definition) is 8. The molecule has 0 bridgehead atoms. The average molecular weight is 755 g/mol. The number of benzene rings is 2. The van der Waals surface area contributed by atoms with E-state index in [1.54, 1.807) is 16.8 Å². The molecule has 3 N–H and O–H groups in total. The molecular formula is C41H48F2N8O4. The Morgan fingerprint density at radius 2 is 1.67 bits per heavy atom. The van der Waals surface area contributed by atoms with E-state index in [0.717, 1.165) is 82.3 Å². The van der Waals surface area contributed by atoms with Gasteiger partial charge in [-0.2, -0.15) is 5.10 Å². The second kappa shape index (κ2) is 17.4. The molecule has 2 aromatic carbocycles. The number of carbonyl (C=O) groups excluding carboxylic acids is 4. The number of unbranched alkanes of at least 4 members (excludes halogenated alkanes) is 4. The first-order valence-electron chi connectivity index (χ1n) is 19.6. The highest BCUT2D eigenvalue weighted by Crippen LogP contribution is 2.37. The lowest BCUT2D eigenvalue weighted by Gasteiger charge is -2.32. The highest BCUT2D eigenvalue weighted by Gasteiger charge is 2.31. The molecule has 4 amide bonds. The molecule has 2 aromatic heterocycles. The minimum Gasteiger partial charge on any atom is -0.374 e. The van der Waals surface area contributed by atoms with Crippen LogP contribution in [-0.4, -0.2) is 75.3 Å². The van der Waals surface area contributed by atoms with Crippen molar-refractivity contribution in [2.45, 2.75) is 95.1 Å². The zero-order chi connectivity index (χ0) is 38.3. The lowest BCUT2D eigenvalue weighted by atomic mass is 9.89. The number of piperidine rings is 2. The summed E-state index contributed by atoms with van der Waals surface area (Å²) >= 11 is 0. The van der Waals surface area contributed by atoms with Gasteiger partial charge >= 0.3 is 0 Å². The van der Waals surface area contributed by atoms with E-state index in [9.17, 15) is 28.0 Å². The Morgan fingerprint density at radius 3 is 2.47 bits per heavy atom. The van der Waals surface area contributed by atoms with Crippen molar-refractivity contribution >= 4 is 40.8 Å². The van der Waals surface area contributed by atoms with E-state index in [1.807, 2.05) is 21.9 Å². The first-order chi connectivity index (χ1) is 26.7. The largest absolute Gasteiger partial charge is 0.374 e. The number of likely N-dealkylation sites (tertiary alicyclic amines) is 1. The molecule has 0 aliphatic carbocycles. The number of imide groups is 1. The van der Waals surface area contributed by atoms with Gasteiger partial charge in [-0.05, 0) is 92.8 Å². The fourth-order valence-corrected chi connectivity index (χ4v) is 8.05. The number of nitrogens with zero attached hydrogens (tertiary/aromatic N) is 5. The molecule has 3 fully saturated rings. The lowest BCUT2D eigenvalue weighted by molar-refractivity contribution is -0.134. The van der Waals surface area contributed by atoms with Crippen LogP contribution in [-0.2, 0) is 14.4 Å². The number of aromatic nitrogens is 3. The maximum Gasteiger partial charge on any atom is 0.256 e. The molecule has 3 saturated heterocycles. The SMILES string of the molecule is O=C1CCC(Nc2ccc(C3CCN(C(=O)CCCCCCCNC(=O)c4cnn5ccc(N6CCC[C@@H]6c6cc(F)ccc6F)nc45)CC3)cc2)C(=O)N1. The van der Waals surface area contributed by atoms with Crippen LogP contribution in [0.1, 0.15) is 110 Å².